The Hall–Kier alpha value is -0.540. The quantitative estimate of drug-likeness (QED) is 0.917. The fourth-order valence-electron chi connectivity index (χ4n) is 1.79. The van der Waals surface area contributed by atoms with E-state index in [0.717, 1.165) is 21.3 Å². The normalized spacial score (nSPS) is 12.7. The molecule has 0 bridgehead atoms. The summed E-state index contributed by atoms with van der Waals surface area (Å²) >= 11 is 3.54. The van der Waals surface area contributed by atoms with Crippen LogP contribution in [0.4, 0.5) is 0 Å². The molecule has 0 aliphatic heterocycles. The monoisotopic (exact) mass is 272 g/mol. The second kappa shape index (κ2) is 4.99. The highest BCUT2D eigenvalue weighted by molar-refractivity contribution is 9.10. The average Bonchev–Trinajstić information content (AvgIpc) is 2.13. The van der Waals surface area contributed by atoms with Crippen LogP contribution in [0.2, 0.25) is 0 Å². The molecule has 0 heterocycles. The summed E-state index contributed by atoms with van der Waals surface area (Å²) in [5.74, 6) is 0.869. The topological polar surface area (TPSA) is 29.5 Å². The summed E-state index contributed by atoms with van der Waals surface area (Å²) in [7, 11) is 1.66. The van der Waals surface area contributed by atoms with Crippen LogP contribution in [0.1, 0.15) is 23.6 Å². The summed E-state index contributed by atoms with van der Waals surface area (Å²) in [6.45, 7) is 5.84. The molecule has 1 unspecified atom stereocenters. The van der Waals surface area contributed by atoms with Gasteiger partial charge in [-0.2, -0.15) is 0 Å². The first kappa shape index (κ1) is 12.5. The average molecular weight is 273 g/mol. The van der Waals surface area contributed by atoms with E-state index in [1.807, 2.05) is 13.8 Å². The molecule has 0 amide bonds. The Morgan fingerprint density at radius 1 is 1.40 bits per heavy atom. The number of rotatable bonds is 3. The predicted octanol–water partition coefficient (Wildman–Crippen LogP) is 3.00. The molecule has 0 saturated carbocycles. The molecule has 84 valence electrons. The van der Waals surface area contributed by atoms with Crippen LogP contribution in [-0.4, -0.2) is 18.3 Å². The van der Waals surface area contributed by atoms with Crippen LogP contribution >= 0.6 is 15.9 Å². The number of hydrogen-bond acceptors (Lipinski definition) is 2. The van der Waals surface area contributed by atoms with Crippen molar-refractivity contribution in [1.82, 2.24) is 0 Å². The summed E-state index contributed by atoms with van der Waals surface area (Å²) in [4.78, 5) is 0. The maximum atomic E-state index is 9.46. The number of ether oxygens (including phenoxy) is 1. The molecule has 3 heteroatoms. The molecule has 1 aromatic rings. The van der Waals surface area contributed by atoms with Gasteiger partial charge in [0.05, 0.1) is 13.2 Å². The molecule has 0 fully saturated rings. The van der Waals surface area contributed by atoms with Gasteiger partial charge in [0.2, 0.25) is 0 Å². The van der Waals surface area contributed by atoms with Gasteiger partial charge in [0, 0.05) is 16.5 Å². The summed E-state index contributed by atoms with van der Waals surface area (Å²) in [5.41, 5.74) is 3.32. The minimum absolute atomic E-state index is 0.364. The molecule has 0 spiro atoms. The lowest BCUT2D eigenvalue weighted by Crippen LogP contribution is -2.08. The summed E-state index contributed by atoms with van der Waals surface area (Å²) < 4.78 is 6.40. The lowest BCUT2D eigenvalue weighted by atomic mass is 10.0. The van der Waals surface area contributed by atoms with E-state index < -0.39 is 0 Å². The Bertz CT molecular complexity index is 359. The molecule has 1 N–H and O–H groups in total. The summed E-state index contributed by atoms with van der Waals surface area (Å²) in [5, 5.41) is 9.46. The van der Waals surface area contributed by atoms with Crippen molar-refractivity contribution in [2.24, 2.45) is 0 Å². The standard InChI is InChI=1S/C12H17BrO2/c1-7-5-8(2)12(15-4)10(11(7)13)6-9(3)14/h5,9,14H,6H2,1-4H3. The SMILES string of the molecule is COc1c(C)cc(C)c(Br)c1CC(C)O. The van der Waals surface area contributed by atoms with Crippen molar-refractivity contribution in [3.8, 4) is 5.75 Å². The van der Waals surface area contributed by atoms with E-state index in [4.69, 9.17) is 4.74 Å². The lowest BCUT2D eigenvalue weighted by molar-refractivity contribution is 0.194. The Kier molecular flexibility index (Phi) is 4.17. The first-order chi connectivity index (χ1) is 6.97. The highest BCUT2D eigenvalue weighted by Gasteiger charge is 2.14. The number of benzene rings is 1. The van der Waals surface area contributed by atoms with Crippen molar-refractivity contribution in [3.05, 3.63) is 27.2 Å². The van der Waals surface area contributed by atoms with Crippen LogP contribution in [-0.2, 0) is 6.42 Å². The number of methoxy groups -OCH3 is 1. The van der Waals surface area contributed by atoms with Crippen molar-refractivity contribution in [3.63, 3.8) is 0 Å². The van der Waals surface area contributed by atoms with E-state index in [0.29, 0.717) is 6.42 Å². The van der Waals surface area contributed by atoms with Crippen LogP contribution in [0.25, 0.3) is 0 Å². The number of halogens is 1. The smallest absolute Gasteiger partial charge is 0.126 e. The van der Waals surface area contributed by atoms with E-state index in [1.54, 1.807) is 14.0 Å². The zero-order chi connectivity index (χ0) is 11.6. The van der Waals surface area contributed by atoms with Crippen molar-refractivity contribution < 1.29 is 9.84 Å². The van der Waals surface area contributed by atoms with Gasteiger partial charge in [-0.05, 0) is 31.9 Å². The van der Waals surface area contributed by atoms with Gasteiger partial charge in [-0.3, -0.25) is 0 Å². The van der Waals surface area contributed by atoms with Crippen LogP contribution in [0.15, 0.2) is 10.5 Å². The van der Waals surface area contributed by atoms with Gasteiger partial charge in [0.25, 0.3) is 0 Å². The Morgan fingerprint density at radius 3 is 2.47 bits per heavy atom. The van der Waals surface area contributed by atoms with Gasteiger partial charge in [0.15, 0.2) is 0 Å². The molecule has 0 radical (unpaired) electrons. The zero-order valence-electron chi connectivity index (χ0n) is 9.60. The molecule has 0 aliphatic rings. The van der Waals surface area contributed by atoms with Gasteiger partial charge in [-0.1, -0.05) is 22.0 Å². The van der Waals surface area contributed by atoms with Crippen LogP contribution < -0.4 is 4.74 Å². The molecule has 15 heavy (non-hydrogen) atoms. The lowest BCUT2D eigenvalue weighted by Gasteiger charge is -2.16. The number of aryl methyl sites for hydroxylation is 2. The largest absolute Gasteiger partial charge is 0.496 e. The van der Waals surface area contributed by atoms with E-state index in [1.165, 1.54) is 5.56 Å². The fourth-order valence-corrected chi connectivity index (χ4v) is 2.25. The van der Waals surface area contributed by atoms with Crippen LogP contribution in [0, 0.1) is 13.8 Å². The number of aliphatic hydroxyl groups excluding tert-OH is 1. The predicted molar refractivity (Wildman–Crippen MR) is 65.6 cm³/mol. The first-order valence-electron chi connectivity index (χ1n) is 4.98. The third kappa shape index (κ3) is 2.73. The third-order valence-electron chi connectivity index (χ3n) is 2.38. The molecule has 0 saturated heterocycles. The number of aliphatic hydroxyl groups is 1. The van der Waals surface area contributed by atoms with E-state index in [2.05, 4.69) is 22.0 Å². The van der Waals surface area contributed by atoms with Crippen molar-refractivity contribution >= 4 is 15.9 Å². The summed E-state index contributed by atoms with van der Waals surface area (Å²) in [6, 6.07) is 2.08. The molecular weight excluding hydrogens is 256 g/mol. The van der Waals surface area contributed by atoms with Crippen LogP contribution in [0.3, 0.4) is 0 Å². The Morgan fingerprint density at radius 2 is 2.00 bits per heavy atom. The minimum atomic E-state index is -0.364. The molecular formula is C12H17BrO2. The second-order valence-electron chi connectivity index (χ2n) is 3.89. The van der Waals surface area contributed by atoms with Crippen molar-refractivity contribution in [1.29, 1.82) is 0 Å². The zero-order valence-corrected chi connectivity index (χ0v) is 11.2. The highest BCUT2D eigenvalue weighted by atomic mass is 79.9. The van der Waals surface area contributed by atoms with E-state index in [-0.39, 0.29) is 6.10 Å². The minimum Gasteiger partial charge on any atom is -0.496 e. The molecule has 1 rings (SSSR count). The summed E-state index contributed by atoms with van der Waals surface area (Å²) in [6.07, 6.45) is 0.239. The maximum Gasteiger partial charge on any atom is 0.126 e. The second-order valence-corrected chi connectivity index (χ2v) is 4.68. The van der Waals surface area contributed by atoms with Crippen molar-refractivity contribution in [2.45, 2.75) is 33.3 Å². The fraction of sp³-hybridized carbons (Fsp3) is 0.500. The number of hydrogen-bond donors (Lipinski definition) is 1. The van der Waals surface area contributed by atoms with Crippen LogP contribution in [0.5, 0.6) is 5.75 Å². The van der Waals surface area contributed by atoms with Gasteiger partial charge in [-0.25, -0.2) is 0 Å². The Labute approximate surface area is 99.4 Å². The molecule has 0 aliphatic carbocycles. The van der Waals surface area contributed by atoms with Crippen molar-refractivity contribution in [2.75, 3.05) is 7.11 Å². The van der Waals surface area contributed by atoms with Gasteiger partial charge >= 0.3 is 0 Å². The van der Waals surface area contributed by atoms with Gasteiger partial charge in [0.1, 0.15) is 5.75 Å². The first-order valence-corrected chi connectivity index (χ1v) is 5.77. The molecule has 1 atom stereocenters. The third-order valence-corrected chi connectivity index (χ3v) is 3.48. The molecule has 1 aromatic carbocycles. The van der Waals surface area contributed by atoms with Gasteiger partial charge in [-0.15, -0.1) is 0 Å². The molecule has 2 nitrogen and oxygen atoms in total. The van der Waals surface area contributed by atoms with Gasteiger partial charge < -0.3 is 9.84 Å². The molecule has 0 aromatic heterocycles. The Balaban J connectivity index is 3.30. The van der Waals surface area contributed by atoms with E-state index in [9.17, 15) is 5.11 Å². The highest BCUT2D eigenvalue weighted by Crippen LogP contribution is 2.34. The van der Waals surface area contributed by atoms with E-state index >= 15 is 0 Å². The maximum absolute atomic E-state index is 9.46.